The molecule has 1 fully saturated rings. The molecule has 1 amide bonds. The number of hydrogen-bond acceptors (Lipinski definition) is 4. The second kappa shape index (κ2) is 4.97. The molecule has 100 valence electrons. The van der Waals surface area contributed by atoms with Crippen molar-refractivity contribution in [3.63, 3.8) is 0 Å². The smallest absolute Gasteiger partial charge is 0.253 e. The highest BCUT2D eigenvalue weighted by Crippen LogP contribution is 2.16. The number of hydrogen-bond donors (Lipinski definition) is 2. The van der Waals surface area contributed by atoms with Crippen molar-refractivity contribution < 1.29 is 4.79 Å². The Kier molecular flexibility index (Phi) is 3.16. The van der Waals surface area contributed by atoms with E-state index in [-0.39, 0.29) is 11.9 Å². The number of rotatable bonds is 1. The number of carbonyl (C=O) groups is 1. The van der Waals surface area contributed by atoms with Gasteiger partial charge in [0.25, 0.3) is 5.91 Å². The zero-order valence-electron chi connectivity index (χ0n) is 10.7. The molecule has 1 atom stereocenters. The van der Waals surface area contributed by atoms with Crippen LogP contribution < -0.4 is 5.73 Å². The lowest BCUT2D eigenvalue weighted by molar-refractivity contribution is 0.0755. The van der Waals surface area contributed by atoms with E-state index in [0.29, 0.717) is 17.6 Å². The van der Waals surface area contributed by atoms with Crippen molar-refractivity contribution in [3.05, 3.63) is 23.8 Å². The fourth-order valence-corrected chi connectivity index (χ4v) is 2.52. The minimum Gasteiger partial charge on any atom is -0.337 e. The number of nitrogens with zero attached hydrogens (tertiary/aromatic N) is 3. The largest absolute Gasteiger partial charge is 0.337 e. The maximum Gasteiger partial charge on any atom is 0.253 e. The third-order valence-corrected chi connectivity index (χ3v) is 3.56. The molecule has 6 nitrogen and oxygen atoms in total. The quantitative estimate of drug-likeness (QED) is 0.796. The van der Waals surface area contributed by atoms with Crippen molar-refractivity contribution in [2.24, 2.45) is 5.73 Å². The second-order valence-electron chi connectivity index (χ2n) is 5.03. The van der Waals surface area contributed by atoms with Gasteiger partial charge in [0.2, 0.25) is 0 Å². The molecule has 0 spiro atoms. The first-order chi connectivity index (χ1) is 9.24. The summed E-state index contributed by atoms with van der Waals surface area (Å²) in [7, 11) is 0. The highest BCUT2D eigenvalue weighted by Gasteiger charge is 2.21. The lowest BCUT2D eigenvalue weighted by Gasteiger charge is -2.22. The van der Waals surface area contributed by atoms with E-state index in [2.05, 4.69) is 15.4 Å². The summed E-state index contributed by atoms with van der Waals surface area (Å²) >= 11 is 0. The van der Waals surface area contributed by atoms with Crippen molar-refractivity contribution in [1.29, 1.82) is 0 Å². The zero-order chi connectivity index (χ0) is 13.2. The molecule has 2 aromatic rings. The van der Waals surface area contributed by atoms with Crippen LogP contribution in [0.15, 0.2) is 18.2 Å². The molecule has 6 heteroatoms. The van der Waals surface area contributed by atoms with Gasteiger partial charge in [0.15, 0.2) is 0 Å². The molecule has 3 N–H and O–H groups in total. The van der Waals surface area contributed by atoms with Crippen LogP contribution in [0.2, 0.25) is 0 Å². The molecule has 19 heavy (non-hydrogen) atoms. The number of H-pyrrole nitrogens is 1. The van der Waals surface area contributed by atoms with Gasteiger partial charge in [0, 0.05) is 24.7 Å². The second-order valence-corrected chi connectivity index (χ2v) is 5.03. The van der Waals surface area contributed by atoms with Crippen molar-refractivity contribution in [2.75, 3.05) is 13.1 Å². The Balaban J connectivity index is 1.85. The molecule has 0 saturated carbocycles. The van der Waals surface area contributed by atoms with Crippen LogP contribution in [-0.2, 0) is 0 Å². The molecule has 1 aromatic carbocycles. The lowest BCUT2D eigenvalue weighted by atomic mass is 10.1. The molecule has 0 radical (unpaired) electrons. The number of aromatic nitrogens is 3. The Labute approximate surface area is 111 Å². The number of benzene rings is 1. The van der Waals surface area contributed by atoms with Crippen LogP contribution in [-0.4, -0.2) is 45.3 Å². The van der Waals surface area contributed by atoms with Gasteiger partial charge in [-0.2, -0.15) is 15.4 Å². The molecular formula is C13H17N5O. The maximum absolute atomic E-state index is 12.5. The summed E-state index contributed by atoms with van der Waals surface area (Å²) in [6, 6.07) is 5.47. The number of carbonyl (C=O) groups excluding carboxylic acids is 1. The standard InChI is InChI=1S/C13H17N5O/c14-10-3-1-2-6-18(8-10)13(19)9-4-5-11-12(7-9)16-17-15-11/h4-5,7,10H,1-3,6,8,14H2,(H,15,16,17). The topological polar surface area (TPSA) is 87.9 Å². The van der Waals surface area contributed by atoms with Gasteiger partial charge in [0.1, 0.15) is 11.0 Å². The van der Waals surface area contributed by atoms with Crippen LogP contribution in [0.5, 0.6) is 0 Å². The fourth-order valence-electron chi connectivity index (χ4n) is 2.52. The number of aromatic amines is 1. The molecular weight excluding hydrogens is 242 g/mol. The van der Waals surface area contributed by atoms with Gasteiger partial charge < -0.3 is 10.6 Å². The molecule has 1 saturated heterocycles. The van der Waals surface area contributed by atoms with E-state index in [0.717, 1.165) is 31.3 Å². The Morgan fingerprint density at radius 3 is 3.05 bits per heavy atom. The molecule has 0 bridgehead atoms. The number of fused-ring (bicyclic) bond motifs is 1. The first kappa shape index (κ1) is 12.1. The van der Waals surface area contributed by atoms with Gasteiger partial charge in [-0.25, -0.2) is 0 Å². The molecule has 2 heterocycles. The van der Waals surface area contributed by atoms with Gasteiger partial charge in [-0.3, -0.25) is 4.79 Å². The summed E-state index contributed by atoms with van der Waals surface area (Å²) in [4.78, 5) is 14.3. The van der Waals surface area contributed by atoms with Gasteiger partial charge >= 0.3 is 0 Å². The fraction of sp³-hybridized carbons (Fsp3) is 0.462. The van der Waals surface area contributed by atoms with Crippen molar-refractivity contribution in [2.45, 2.75) is 25.3 Å². The normalized spacial score (nSPS) is 20.5. The average molecular weight is 259 g/mol. The summed E-state index contributed by atoms with van der Waals surface area (Å²) in [5.74, 6) is 0.0299. The predicted octanol–water partition coefficient (Wildman–Crippen LogP) is 0.911. The summed E-state index contributed by atoms with van der Waals surface area (Å²) in [5.41, 5.74) is 8.12. The molecule has 1 aliphatic rings. The third kappa shape index (κ3) is 2.44. The van der Waals surface area contributed by atoms with E-state index in [4.69, 9.17) is 5.73 Å². The van der Waals surface area contributed by atoms with E-state index >= 15 is 0 Å². The molecule has 3 rings (SSSR count). The molecule has 1 aromatic heterocycles. The van der Waals surface area contributed by atoms with E-state index in [1.54, 1.807) is 12.1 Å². The summed E-state index contributed by atoms with van der Waals surface area (Å²) in [6.07, 6.45) is 3.10. The van der Waals surface area contributed by atoms with Crippen LogP contribution >= 0.6 is 0 Å². The Morgan fingerprint density at radius 2 is 2.16 bits per heavy atom. The summed E-state index contributed by atoms with van der Waals surface area (Å²) in [5, 5.41) is 10.5. The number of likely N-dealkylation sites (tertiary alicyclic amines) is 1. The van der Waals surface area contributed by atoms with Crippen molar-refractivity contribution in [3.8, 4) is 0 Å². The van der Waals surface area contributed by atoms with Gasteiger partial charge in [-0.1, -0.05) is 6.42 Å². The lowest BCUT2D eigenvalue weighted by Crippen LogP contribution is -2.39. The Bertz CT molecular complexity index is 593. The number of amides is 1. The predicted molar refractivity (Wildman–Crippen MR) is 71.6 cm³/mol. The highest BCUT2D eigenvalue weighted by atomic mass is 16.2. The van der Waals surface area contributed by atoms with Gasteiger partial charge in [-0.15, -0.1) is 0 Å². The first-order valence-electron chi connectivity index (χ1n) is 6.59. The Morgan fingerprint density at radius 1 is 1.32 bits per heavy atom. The minimum absolute atomic E-state index is 0.0299. The van der Waals surface area contributed by atoms with Crippen molar-refractivity contribution in [1.82, 2.24) is 20.3 Å². The summed E-state index contributed by atoms with van der Waals surface area (Å²) < 4.78 is 0. The number of nitrogens with two attached hydrogens (primary N) is 1. The van der Waals surface area contributed by atoms with E-state index in [1.165, 1.54) is 0 Å². The van der Waals surface area contributed by atoms with E-state index in [1.807, 2.05) is 11.0 Å². The molecule has 0 aliphatic carbocycles. The maximum atomic E-state index is 12.5. The van der Waals surface area contributed by atoms with E-state index in [9.17, 15) is 4.79 Å². The molecule has 1 aliphatic heterocycles. The van der Waals surface area contributed by atoms with Crippen LogP contribution in [0.3, 0.4) is 0 Å². The van der Waals surface area contributed by atoms with Crippen LogP contribution in [0.25, 0.3) is 11.0 Å². The Hall–Kier alpha value is -1.95. The average Bonchev–Trinajstić information content (AvgIpc) is 2.78. The summed E-state index contributed by atoms with van der Waals surface area (Å²) in [6.45, 7) is 1.42. The van der Waals surface area contributed by atoms with E-state index < -0.39 is 0 Å². The SMILES string of the molecule is NC1CCCCN(C(=O)c2ccc3n[nH]nc3c2)C1. The molecule has 1 unspecified atom stereocenters. The zero-order valence-corrected chi connectivity index (χ0v) is 10.7. The van der Waals surface area contributed by atoms with Crippen molar-refractivity contribution >= 4 is 16.9 Å². The first-order valence-corrected chi connectivity index (χ1v) is 6.59. The third-order valence-electron chi connectivity index (χ3n) is 3.56. The van der Waals surface area contributed by atoms with Crippen LogP contribution in [0.4, 0.5) is 0 Å². The minimum atomic E-state index is 0.0299. The monoisotopic (exact) mass is 259 g/mol. The highest BCUT2D eigenvalue weighted by molar-refractivity contribution is 5.97. The number of nitrogens with one attached hydrogen (secondary N) is 1. The van der Waals surface area contributed by atoms with Gasteiger partial charge in [-0.05, 0) is 31.0 Å². The van der Waals surface area contributed by atoms with Crippen LogP contribution in [0, 0.1) is 0 Å². The van der Waals surface area contributed by atoms with Gasteiger partial charge in [0.05, 0.1) is 0 Å². The van der Waals surface area contributed by atoms with Crippen LogP contribution in [0.1, 0.15) is 29.6 Å².